The summed E-state index contributed by atoms with van der Waals surface area (Å²) in [6.45, 7) is 5.49. The molecule has 1 rings (SSSR count). The van der Waals surface area contributed by atoms with E-state index in [1.54, 1.807) is 0 Å². The number of hydrogen-bond acceptors (Lipinski definition) is 2. The fraction of sp³-hybridized carbons (Fsp3) is 0.455. The molecule has 0 aliphatic heterocycles. The maximum Gasteiger partial charge on any atom is 0.138 e. The Morgan fingerprint density at radius 1 is 1.43 bits per heavy atom. The molecule has 0 aliphatic rings. The molecule has 0 atom stereocenters. The summed E-state index contributed by atoms with van der Waals surface area (Å²) in [6.07, 6.45) is 0. The molecule has 0 spiro atoms. The van der Waals surface area contributed by atoms with Gasteiger partial charge in [0.15, 0.2) is 0 Å². The van der Waals surface area contributed by atoms with Gasteiger partial charge in [0.05, 0.1) is 11.6 Å². The maximum atomic E-state index is 6.06. The van der Waals surface area contributed by atoms with Gasteiger partial charge in [-0.1, -0.05) is 11.6 Å². The topological polar surface area (TPSA) is 21.3 Å². The van der Waals surface area contributed by atoms with Crippen LogP contribution in [0.2, 0.25) is 5.02 Å². The van der Waals surface area contributed by atoms with Crippen molar-refractivity contribution in [3.05, 3.63) is 28.3 Å². The molecule has 3 heteroatoms. The van der Waals surface area contributed by atoms with Gasteiger partial charge in [-0.15, -0.1) is 0 Å². The van der Waals surface area contributed by atoms with Crippen LogP contribution in [0.25, 0.3) is 0 Å². The molecule has 0 fully saturated rings. The third kappa shape index (κ3) is 2.63. The lowest BCUT2D eigenvalue weighted by atomic mass is 10.1. The number of ether oxygens (including phenoxy) is 1. The molecule has 0 radical (unpaired) electrons. The van der Waals surface area contributed by atoms with Crippen LogP contribution in [-0.2, 0) is 6.54 Å². The summed E-state index contributed by atoms with van der Waals surface area (Å²) in [5.41, 5.74) is 2.41. The Kier molecular flexibility index (Phi) is 4.23. The molecule has 0 saturated carbocycles. The molecule has 0 bridgehead atoms. The molecular weight excluding hydrogens is 198 g/mol. The van der Waals surface area contributed by atoms with E-state index < -0.39 is 0 Å². The van der Waals surface area contributed by atoms with Gasteiger partial charge in [0.2, 0.25) is 0 Å². The van der Waals surface area contributed by atoms with E-state index >= 15 is 0 Å². The quantitative estimate of drug-likeness (QED) is 0.831. The van der Waals surface area contributed by atoms with Crippen molar-refractivity contribution in [2.24, 2.45) is 0 Å². The molecule has 0 aliphatic carbocycles. The molecule has 2 nitrogen and oxygen atoms in total. The van der Waals surface area contributed by atoms with Crippen LogP contribution in [0.3, 0.4) is 0 Å². The number of aryl methyl sites for hydroxylation is 1. The largest absolute Gasteiger partial charge is 0.492 e. The van der Waals surface area contributed by atoms with Gasteiger partial charge in [-0.05, 0) is 44.2 Å². The highest BCUT2D eigenvalue weighted by molar-refractivity contribution is 6.32. The van der Waals surface area contributed by atoms with Crippen molar-refractivity contribution in [3.8, 4) is 5.75 Å². The summed E-state index contributed by atoms with van der Waals surface area (Å²) in [7, 11) is 1.92. The molecule has 0 amide bonds. The zero-order chi connectivity index (χ0) is 10.6. The van der Waals surface area contributed by atoms with Crippen molar-refractivity contribution in [3.63, 3.8) is 0 Å². The third-order valence-corrected chi connectivity index (χ3v) is 2.35. The lowest BCUT2D eigenvalue weighted by Gasteiger charge is -2.10. The van der Waals surface area contributed by atoms with Crippen LogP contribution in [0.1, 0.15) is 18.1 Å². The van der Waals surface area contributed by atoms with Crippen LogP contribution in [0.4, 0.5) is 0 Å². The van der Waals surface area contributed by atoms with Gasteiger partial charge in [0.1, 0.15) is 5.75 Å². The zero-order valence-electron chi connectivity index (χ0n) is 8.86. The lowest BCUT2D eigenvalue weighted by molar-refractivity contribution is 0.340. The standard InChI is InChI=1S/C11H16ClNO/c1-4-14-11-5-8(2)9(7-13-3)6-10(11)12/h5-6,13H,4,7H2,1-3H3. The minimum absolute atomic E-state index is 0.643. The predicted octanol–water partition coefficient (Wildman–Crippen LogP) is 2.77. The van der Waals surface area contributed by atoms with E-state index in [1.807, 2.05) is 26.1 Å². The van der Waals surface area contributed by atoms with E-state index in [4.69, 9.17) is 16.3 Å². The highest BCUT2D eigenvalue weighted by Gasteiger charge is 2.05. The second-order valence-electron chi connectivity index (χ2n) is 3.17. The Morgan fingerprint density at radius 2 is 2.14 bits per heavy atom. The van der Waals surface area contributed by atoms with E-state index in [9.17, 15) is 0 Å². The van der Waals surface area contributed by atoms with Crippen molar-refractivity contribution in [2.75, 3.05) is 13.7 Å². The second-order valence-corrected chi connectivity index (χ2v) is 3.58. The first-order valence-corrected chi connectivity index (χ1v) is 5.13. The molecule has 78 valence electrons. The minimum atomic E-state index is 0.643. The van der Waals surface area contributed by atoms with E-state index in [0.717, 1.165) is 12.3 Å². The highest BCUT2D eigenvalue weighted by atomic mass is 35.5. The Hall–Kier alpha value is -0.730. The van der Waals surface area contributed by atoms with Gasteiger partial charge >= 0.3 is 0 Å². The van der Waals surface area contributed by atoms with Gasteiger partial charge < -0.3 is 10.1 Å². The maximum absolute atomic E-state index is 6.06. The Morgan fingerprint density at radius 3 is 2.71 bits per heavy atom. The monoisotopic (exact) mass is 213 g/mol. The first-order chi connectivity index (χ1) is 6.69. The molecule has 0 saturated heterocycles. The van der Waals surface area contributed by atoms with Crippen molar-refractivity contribution < 1.29 is 4.74 Å². The number of hydrogen-bond donors (Lipinski definition) is 1. The SMILES string of the molecule is CCOc1cc(C)c(CNC)cc1Cl. The Bertz CT molecular complexity index is 281. The number of benzene rings is 1. The lowest BCUT2D eigenvalue weighted by Crippen LogP contribution is -2.07. The molecule has 1 aromatic carbocycles. The summed E-state index contributed by atoms with van der Waals surface area (Å²) < 4.78 is 5.40. The van der Waals surface area contributed by atoms with Crippen LogP contribution in [0.15, 0.2) is 12.1 Å². The van der Waals surface area contributed by atoms with Gasteiger partial charge in [0, 0.05) is 6.54 Å². The van der Waals surface area contributed by atoms with E-state index in [0.29, 0.717) is 11.6 Å². The van der Waals surface area contributed by atoms with Crippen LogP contribution in [-0.4, -0.2) is 13.7 Å². The van der Waals surface area contributed by atoms with Crippen LogP contribution < -0.4 is 10.1 Å². The van der Waals surface area contributed by atoms with Crippen molar-refractivity contribution in [2.45, 2.75) is 20.4 Å². The van der Waals surface area contributed by atoms with Gasteiger partial charge in [0.25, 0.3) is 0 Å². The van der Waals surface area contributed by atoms with Crippen LogP contribution >= 0.6 is 11.6 Å². The van der Waals surface area contributed by atoms with Gasteiger partial charge in [-0.3, -0.25) is 0 Å². The van der Waals surface area contributed by atoms with Crippen molar-refractivity contribution >= 4 is 11.6 Å². The smallest absolute Gasteiger partial charge is 0.138 e. The summed E-state index contributed by atoms with van der Waals surface area (Å²) >= 11 is 6.06. The highest BCUT2D eigenvalue weighted by Crippen LogP contribution is 2.28. The first-order valence-electron chi connectivity index (χ1n) is 4.75. The van der Waals surface area contributed by atoms with Crippen molar-refractivity contribution in [1.82, 2.24) is 5.32 Å². The fourth-order valence-corrected chi connectivity index (χ4v) is 1.58. The summed E-state index contributed by atoms with van der Waals surface area (Å²) in [4.78, 5) is 0. The average Bonchev–Trinajstić information content (AvgIpc) is 2.14. The van der Waals surface area contributed by atoms with E-state index in [1.165, 1.54) is 11.1 Å². The molecule has 0 aromatic heterocycles. The minimum Gasteiger partial charge on any atom is -0.492 e. The van der Waals surface area contributed by atoms with E-state index in [2.05, 4.69) is 12.2 Å². The van der Waals surface area contributed by atoms with Gasteiger partial charge in [-0.2, -0.15) is 0 Å². The molecule has 1 N–H and O–H groups in total. The summed E-state index contributed by atoms with van der Waals surface area (Å²) in [6, 6.07) is 3.94. The third-order valence-electron chi connectivity index (χ3n) is 2.06. The molecule has 0 unspecified atom stereocenters. The molecule has 0 heterocycles. The first kappa shape index (κ1) is 11.3. The van der Waals surface area contributed by atoms with Crippen LogP contribution in [0.5, 0.6) is 5.75 Å². The summed E-state index contributed by atoms with van der Waals surface area (Å²) in [5.74, 6) is 0.770. The average molecular weight is 214 g/mol. The number of nitrogens with one attached hydrogen (secondary N) is 1. The van der Waals surface area contributed by atoms with Crippen LogP contribution in [0, 0.1) is 6.92 Å². The predicted molar refractivity (Wildman–Crippen MR) is 60.1 cm³/mol. The number of rotatable bonds is 4. The van der Waals surface area contributed by atoms with Crippen molar-refractivity contribution in [1.29, 1.82) is 0 Å². The Labute approximate surface area is 90.2 Å². The summed E-state index contributed by atoms with van der Waals surface area (Å²) in [5, 5.41) is 3.79. The fourth-order valence-electron chi connectivity index (χ4n) is 1.34. The second kappa shape index (κ2) is 5.23. The molecular formula is C11H16ClNO. The normalized spacial score (nSPS) is 10.3. The number of halogens is 1. The molecule has 1 aromatic rings. The Balaban J connectivity index is 2.97. The van der Waals surface area contributed by atoms with Gasteiger partial charge in [-0.25, -0.2) is 0 Å². The van der Waals surface area contributed by atoms with E-state index in [-0.39, 0.29) is 0 Å². The zero-order valence-corrected chi connectivity index (χ0v) is 9.61. The molecule has 14 heavy (non-hydrogen) atoms.